The lowest BCUT2D eigenvalue weighted by atomic mass is 9.49. The predicted octanol–water partition coefficient (Wildman–Crippen LogP) is 4.34. The van der Waals surface area contributed by atoms with Crippen LogP contribution in [0.5, 0.6) is 0 Å². The lowest BCUT2D eigenvalue weighted by Gasteiger charge is -2.56. The fourth-order valence-corrected chi connectivity index (χ4v) is 8.33. The molecule has 0 aliphatic heterocycles. The van der Waals surface area contributed by atoms with Gasteiger partial charge < -0.3 is 0 Å². The summed E-state index contributed by atoms with van der Waals surface area (Å²) < 4.78 is 0. The summed E-state index contributed by atoms with van der Waals surface area (Å²) in [6.45, 7) is 8.42. The molecule has 4 rings (SSSR count). The van der Waals surface area contributed by atoms with E-state index >= 15 is 0 Å². The molecular weight excluding hydrogens is 388 g/mol. The van der Waals surface area contributed by atoms with E-state index in [2.05, 4.69) is 13.8 Å². The molecule has 6 nitrogen and oxygen atoms in total. The van der Waals surface area contributed by atoms with Crippen molar-refractivity contribution in [2.45, 2.75) is 91.5 Å². The van der Waals surface area contributed by atoms with Crippen molar-refractivity contribution in [3.63, 3.8) is 0 Å². The van der Waals surface area contributed by atoms with Gasteiger partial charge in [0, 0.05) is 12.0 Å². The second-order valence-corrected chi connectivity index (χ2v) is 11.9. The van der Waals surface area contributed by atoms with Crippen LogP contribution in [0, 0.1) is 46.8 Å². The molecule has 4 fully saturated rings. The molecule has 0 bridgehead atoms. The van der Waals surface area contributed by atoms with E-state index in [1.54, 1.807) is 0 Å². The molecule has 8 atom stereocenters. The number of carbonyl (C=O) groups excluding carboxylic acids is 2. The smallest absolute Gasteiger partial charge is 0.297 e. The maximum absolute atomic E-state index is 13.3. The van der Waals surface area contributed by atoms with E-state index < -0.39 is 6.03 Å². The van der Waals surface area contributed by atoms with Crippen molar-refractivity contribution in [2.75, 3.05) is 6.54 Å². The highest BCUT2D eigenvalue weighted by atomic mass is 16.2. The van der Waals surface area contributed by atoms with E-state index in [4.69, 9.17) is 11.7 Å². The number of carbonyl (C=O) groups is 2. The minimum Gasteiger partial charge on any atom is -0.297 e. The Hall–Kier alpha value is -1.14. The van der Waals surface area contributed by atoms with Crippen LogP contribution in [-0.4, -0.2) is 34.4 Å². The van der Waals surface area contributed by atoms with Gasteiger partial charge in [-0.05, 0) is 106 Å². The number of rotatable bonds is 4. The highest BCUT2D eigenvalue weighted by Gasteiger charge is 2.58. The molecule has 4 saturated carbocycles. The van der Waals surface area contributed by atoms with E-state index in [1.165, 1.54) is 38.5 Å². The lowest BCUT2D eigenvalue weighted by molar-refractivity contribution is -0.131. The molecule has 0 aromatic rings. The highest BCUT2D eigenvalue weighted by Crippen LogP contribution is 2.64. The molecule has 4 aliphatic rings. The Morgan fingerprint density at radius 3 is 2.39 bits per heavy atom. The summed E-state index contributed by atoms with van der Waals surface area (Å²) in [4.78, 5) is 25.7. The summed E-state index contributed by atoms with van der Waals surface area (Å²) in [6.07, 6.45) is 11.6. The first-order chi connectivity index (χ1) is 14.6. The average Bonchev–Trinajstić information content (AvgIpc) is 3.09. The Bertz CT molecular complexity index is 697. The first-order valence-electron chi connectivity index (χ1n) is 12.8. The maximum atomic E-state index is 13.3. The van der Waals surface area contributed by atoms with Crippen LogP contribution in [-0.2, 0) is 4.79 Å². The number of hydrogen-bond donors (Lipinski definition) is 2. The number of nitrogens with zero attached hydrogens (tertiary/aromatic N) is 2. The van der Waals surface area contributed by atoms with Gasteiger partial charge in [0.25, 0.3) is 0 Å². The number of Topliss-reactive ketones (excluding diaryl/α,β-unsaturated/α-hetero) is 1. The molecule has 4 aliphatic carbocycles. The Kier molecular flexibility index (Phi) is 6.43. The molecule has 0 heterocycles. The summed E-state index contributed by atoms with van der Waals surface area (Å²) in [6, 6.07) is -0.646. The zero-order valence-electron chi connectivity index (χ0n) is 20.1. The second-order valence-electron chi connectivity index (χ2n) is 11.9. The van der Waals surface area contributed by atoms with Gasteiger partial charge in [-0.15, -0.1) is 0 Å². The van der Waals surface area contributed by atoms with E-state index in [-0.39, 0.29) is 29.7 Å². The first-order valence-corrected chi connectivity index (χ1v) is 12.8. The summed E-state index contributed by atoms with van der Waals surface area (Å²) in [7, 11) is 0. The number of fused-ring (bicyclic) bond motifs is 5. The summed E-state index contributed by atoms with van der Waals surface area (Å²) in [5, 5.41) is 2.11. The largest absolute Gasteiger partial charge is 0.348 e. The molecule has 0 aromatic carbocycles. The molecule has 6 heteroatoms. The van der Waals surface area contributed by atoms with Gasteiger partial charge in [0.05, 0.1) is 6.54 Å². The molecule has 0 aromatic heterocycles. The van der Waals surface area contributed by atoms with Crippen molar-refractivity contribution in [1.29, 1.82) is 0 Å². The van der Waals surface area contributed by atoms with Crippen LogP contribution in [0.2, 0.25) is 0 Å². The Morgan fingerprint density at radius 1 is 0.968 bits per heavy atom. The van der Waals surface area contributed by atoms with Crippen molar-refractivity contribution in [1.82, 2.24) is 10.0 Å². The van der Waals surface area contributed by atoms with Crippen LogP contribution in [0.1, 0.15) is 85.5 Å². The monoisotopic (exact) mass is 432 g/mol. The third kappa shape index (κ3) is 4.03. The molecule has 2 amide bonds. The molecular formula is C25H44N4O2. The first kappa shape index (κ1) is 23.0. The van der Waals surface area contributed by atoms with Gasteiger partial charge in [-0.25, -0.2) is 16.5 Å². The number of hydrazine groups is 2. The summed E-state index contributed by atoms with van der Waals surface area (Å²) >= 11 is 0. The second kappa shape index (κ2) is 8.66. The summed E-state index contributed by atoms with van der Waals surface area (Å²) in [5.74, 6) is 17.0. The van der Waals surface area contributed by atoms with Crippen molar-refractivity contribution < 1.29 is 9.59 Å². The molecule has 4 N–H and O–H groups in total. The zero-order chi connectivity index (χ0) is 22.5. The Labute approximate surface area is 188 Å². The molecule has 0 spiro atoms. The van der Waals surface area contributed by atoms with Gasteiger partial charge in [-0.2, -0.15) is 0 Å². The number of nitrogens with two attached hydrogens (primary N) is 2. The van der Waals surface area contributed by atoms with E-state index in [9.17, 15) is 9.59 Å². The molecule has 0 radical (unpaired) electrons. The quantitative estimate of drug-likeness (QED) is 0.393. The topological polar surface area (TPSA) is 92.7 Å². The minimum atomic E-state index is -0.489. The van der Waals surface area contributed by atoms with Crippen LogP contribution in [0.15, 0.2) is 0 Å². The van der Waals surface area contributed by atoms with Crippen LogP contribution in [0.25, 0.3) is 0 Å². The number of hydrogen-bond acceptors (Lipinski definition) is 4. The van der Waals surface area contributed by atoms with E-state index in [1.807, 2.05) is 13.8 Å². The van der Waals surface area contributed by atoms with Crippen molar-refractivity contribution >= 4 is 11.8 Å². The lowest BCUT2D eigenvalue weighted by Crippen LogP contribution is -2.55. The van der Waals surface area contributed by atoms with Crippen LogP contribution < -0.4 is 11.7 Å². The SMILES string of the molecule is CC1CCC2C(CCC3C2CCC2(C)C(C(=O)CN(N)C(=O)N(N)C(C)C)CCC32)C1. The van der Waals surface area contributed by atoms with Gasteiger partial charge in [0.15, 0.2) is 5.78 Å². The minimum absolute atomic E-state index is 0.0201. The Morgan fingerprint density at radius 2 is 1.68 bits per heavy atom. The van der Waals surface area contributed by atoms with Crippen molar-refractivity contribution in [2.24, 2.45) is 58.5 Å². The van der Waals surface area contributed by atoms with Crippen molar-refractivity contribution in [3.8, 4) is 0 Å². The van der Waals surface area contributed by atoms with Gasteiger partial charge >= 0.3 is 6.03 Å². The molecule has 8 unspecified atom stereocenters. The summed E-state index contributed by atoms with van der Waals surface area (Å²) in [5.41, 5.74) is 0.0668. The average molecular weight is 433 g/mol. The highest BCUT2D eigenvalue weighted by molar-refractivity contribution is 5.87. The third-order valence-electron chi connectivity index (χ3n) is 9.95. The number of ketones is 1. The van der Waals surface area contributed by atoms with E-state index in [0.717, 1.165) is 58.9 Å². The fourth-order valence-electron chi connectivity index (χ4n) is 8.33. The van der Waals surface area contributed by atoms with E-state index in [0.29, 0.717) is 5.92 Å². The molecule has 0 saturated heterocycles. The molecule has 176 valence electrons. The normalized spacial score (nSPS) is 41.8. The van der Waals surface area contributed by atoms with Crippen LogP contribution in [0.3, 0.4) is 0 Å². The maximum Gasteiger partial charge on any atom is 0.348 e. The number of amides is 2. The molecule has 31 heavy (non-hydrogen) atoms. The van der Waals surface area contributed by atoms with Crippen LogP contribution >= 0.6 is 0 Å². The standard InChI is InChI=1S/C25H44N4O2/c1-15(2)29(27)24(31)28(26)14-23(30)22-10-9-21-20-8-6-17-13-16(3)5-7-18(17)19(20)11-12-25(21,22)4/h15-22H,5-14,26-27H2,1-4H3. The van der Waals surface area contributed by atoms with Gasteiger partial charge in [-0.1, -0.05) is 20.3 Å². The number of urea groups is 1. The van der Waals surface area contributed by atoms with Crippen molar-refractivity contribution in [3.05, 3.63) is 0 Å². The zero-order valence-corrected chi connectivity index (χ0v) is 20.1. The van der Waals surface area contributed by atoms with Gasteiger partial charge in [0.1, 0.15) is 0 Å². The van der Waals surface area contributed by atoms with Gasteiger partial charge in [0.2, 0.25) is 0 Å². The fraction of sp³-hybridized carbons (Fsp3) is 0.920. The van der Waals surface area contributed by atoms with Crippen LogP contribution in [0.4, 0.5) is 4.79 Å². The Balaban J connectivity index is 1.43. The third-order valence-corrected chi connectivity index (χ3v) is 9.95. The van der Waals surface area contributed by atoms with Gasteiger partial charge in [-0.3, -0.25) is 14.8 Å². The predicted molar refractivity (Wildman–Crippen MR) is 122 cm³/mol.